The van der Waals surface area contributed by atoms with E-state index in [1.165, 1.54) is 0 Å². The monoisotopic (exact) mass is 270 g/mol. The standard InChI is InChI=1S/C12H14O7/c1-4-9(14)17-7-8(13)12(18-10(15)5-2)19-11(16)6-3/h4-6,8,12-13H,1-3,7H2. The maximum Gasteiger partial charge on any atom is 0.333 e. The highest BCUT2D eigenvalue weighted by atomic mass is 16.7. The topological polar surface area (TPSA) is 99.1 Å². The quantitative estimate of drug-likeness (QED) is 0.372. The fourth-order valence-electron chi connectivity index (χ4n) is 0.811. The second-order valence-corrected chi connectivity index (χ2v) is 3.05. The number of ether oxygens (including phenoxy) is 3. The lowest BCUT2D eigenvalue weighted by Crippen LogP contribution is -2.38. The van der Waals surface area contributed by atoms with Crippen LogP contribution in [0.2, 0.25) is 0 Å². The van der Waals surface area contributed by atoms with Crippen LogP contribution in [0.25, 0.3) is 0 Å². The van der Waals surface area contributed by atoms with Crippen LogP contribution in [0, 0.1) is 0 Å². The Morgan fingerprint density at radius 3 is 1.74 bits per heavy atom. The number of aliphatic hydroxyl groups excluding tert-OH is 1. The van der Waals surface area contributed by atoms with Crippen LogP contribution in [0.3, 0.4) is 0 Å². The maximum absolute atomic E-state index is 11.0. The maximum atomic E-state index is 11.0. The molecule has 1 N–H and O–H groups in total. The summed E-state index contributed by atoms with van der Waals surface area (Å²) in [5.74, 6) is -2.63. The van der Waals surface area contributed by atoms with Crippen LogP contribution in [0.4, 0.5) is 0 Å². The van der Waals surface area contributed by atoms with Gasteiger partial charge < -0.3 is 19.3 Å². The first-order valence-electron chi connectivity index (χ1n) is 5.08. The molecule has 0 aromatic carbocycles. The molecule has 19 heavy (non-hydrogen) atoms. The molecule has 0 spiro atoms. The minimum absolute atomic E-state index is 0.551. The van der Waals surface area contributed by atoms with Crippen LogP contribution in [-0.2, 0) is 28.6 Å². The van der Waals surface area contributed by atoms with Gasteiger partial charge in [0.25, 0.3) is 6.29 Å². The summed E-state index contributed by atoms with van der Waals surface area (Å²) in [5.41, 5.74) is 0. The van der Waals surface area contributed by atoms with E-state index in [0.29, 0.717) is 0 Å². The molecule has 0 rings (SSSR count). The highest BCUT2D eigenvalue weighted by molar-refractivity contribution is 5.83. The van der Waals surface area contributed by atoms with E-state index < -0.39 is 36.9 Å². The van der Waals surface area contributed by atoms with E-state index in [-0.39, 0.29) is 0 Å². The fourth-order valence-corrected chi connectivity index (χ4v) is 0.811. The average molecular weight is 270 g/mol. The molecular weight excluding hydrogens is 256 g/mol. The molecule has 0 saturated heterocycles. The summed E-state index contributed by atoms with van der Waals surface area (Å²) in [5, 5.41) is 9.61. The SMILES string of the molecule is C=CC(=O)OCC(O)C(OC(=O)C=C)OC(=O)C=C. The van der Waals surface area contributed by atoms with E-state index in [9.17, 15) is 19.5 Å². The molecule has 0 bridgehead atoms. The number of aliphatic hydroxyl groups is 1. The molecule has 0 radical (unpaired) electrons. The van der Waals surface area contributed by atoms with Crippen molar-refractivity contribution in [3.05, 3.63) is 38.0 Å². The molecule has 7 heteroatoms. The van der Waals surface area contributed by atoms with E-state index in [1.807, 2.05) is 0 Å². The lowest BCUT2D eigenvalue weighted by molar-refractivity contribution is -0.205. The first-order chi connectivity index (χ1) is 8.94. The largest absolute Gasteiger partial charge is 0.459 e. The Morgan fingerprint density at radius 1 is 0.947 bits per heavy atom. The lowest BCUT2D eigenvalue weighted by atomic mass is 10.3. The van der Waals surface area contributed by atoms with Gasteiger partial charge in [0.2, 0.25) is 0 Å². The van der Waals surface area contributed by atoms with E-state index in [0.717, 1.165) is 18.2 Å². The van der Waals surface area contributed by atoms with Gasteiger partial charge in [-0.1, -0.05) is 19.7 Å². The molecule has 0 aromatic rings. The molecule has 0 saturated carbocycles. The Labute approximate surface area is 109 Å². The van der Waals surface area contributed by atoms with Crippen LogP contribution < -0.4 is 0 Å². The molecule has 0 aromatic heterocycles. The lowest BCUT2D eigenvalue weighted by Gasteiger charge is -2.21. The van der Waals surface area contributed by atoms with Crippen LogP contribution >= 0.6 is 0 Å². The summed E-state index contributed by atoms with van der Waals surface area (Å²) in [6, 6.07) is 0. The number of rotatable bonds is 8. The summed E-state index contributed by atoms with van der Waals surface area (Å²) in [6.45, 7) is 8.89. The number of carbonyl (C=O) groups excluding carboxylic acids is 3. The zero-order chi connectivity index (χ0) is 14.8. The smallest absolute Gasteiger partial charge is 0.333 e. The van der Waals surface area contributed by atoms with Crippen molar-refractivity contribution in [3.63, 3.8) is 0 Å². The van der Waals surface area contributed by atoms with Gasteiger partial charge in [-0.05, 0) is 0 Å². The zero-order valence-electron chi connectivity index (χ0n) is 10.1. The van der Waals surface area contributed by atoms with Crippen LogP contribution in [0.5, 0.6) is 0 Å². The second kappa shape index (κ2) is 8.65. The van der Waals surface area contributed by atoms with Crippen molar-refractivity contribution in [1.29, 1.82) is 0 Å². The van der Waals surface area contributed by atoms with Gasteiger partial charge in [0, 0.05) is 18.2 Å². The van der Waals surface area contributed by atoms with E-state index >= 15 is 0 Å². The summed E-state index contributed by atoms with van der Waals surface area (Å²) in [7, 11) is 0. The van der Waals surface area contributed by atoms with E-state index in [4.69, 9.17) is 0 Å². The molecule has 1 atom stereocenters. The number of esters is 3. The molecule has 104 valence electrons. The van der Waals surface area contributed by atoms with E-state index in [1.54, 1.807) is 0 Å². The van der Waals surface area contributed by atoms with Gasteiger partial charge in [0.05, 0.1) is 0 Å². The molecule has 1 unspecified atom stereocenters. The summed E-state index contributed by atoms with van der Waals surface area (Å²) in [4.78, 5) is 32.8. The van der Waals surface area contributed by atoms with Crippen molar-refractivity contribution >= 4 is 17.9 Å². The number of hydrogen-bond donors (Lipinski definition) is 1. The predicted molar refractivity (Wildman–Crippen MR) is 63.5 cm³/mol. The first-order valence-corrected chi connectivity index (χ1v) is 5.08. The molecule has 7 nitrogen and oxygen atoms in total. The summed E-state index contributed by atoms with van der Waals surface area (Å²) < 4.78 is 13.7. The highest BCUT2D eigenvalue weighted by Gasteiger charge is 2.27. The second-order valence-electron chi connectivity index (χ2n) is 3.05. The van der Waals surface area contributed by atoms with Gasteiger partial charge in [-0.25, -0.2) is 14.4 Å². The molecule has 0 aliphatic heterocycles. The van der Waals surface area contributed by atoms with Crippen molar-refractivity contribution in [2.45, 2.75) is 12.4 Å². The third kappa shape index (κ3) is 6.79. The van der Waals surface area contributed by atoms with Crippen molar-refractivity contribution in [2.75, 3.05) is 6.61 Å². The highest BCUT2D eigenvalue weighted by Crippen LogP contribution is 2.05. The summed E-state index contributed by atoms with van der Waals surface area (Å²) in [6.07, 6.45) is -0.688. The predicted octanol–water partition coefficient (Wildman–Crippen LogP) is -0.139. The third-order valence-corrected chi connectivity index (χ3v) is 1.68. The van der Waals surface area contributed by atoms with Gasteiger partial charge in [0.1, 0.15) is 6.61 Å². The molecule has 0 heterocycles. The normalized spacial score (nSPS) is 11.1. The average Bonchev–Trinajstić information content (AvgIpc) is 2.42. The van der Waals surface area contributed by atoms with Gasteiger partial charge >= 0.3 is 17.9 Å². The van der Waals surface area contributed by atoms with Gasteiger partial charge in [-0.2, -0.15) is 0 Å². The minimum Gasteiger partial charge on any atom is -0.459 e. The van der Waals surface area contributed by atoms with Crippen LogP contribution in [0.15, 0.2) is 38.0 Å². The van der Waals surface area contributed by atoms with E-state index in [2.05, 4.69) is 33.9 Å². The third-order valence-electron chi connectivity index (χ3n) is 1.68. The number of hydrogen-bond acceptors (Lipinski definition) is 7. The van der Waals surface area contributed by atoms with Crippen molar-refractivity contribution in [2.24, 2.45) is 0 Å². The van der Waals surface area contributed by atoms with Crippen molar-refractivity contribution < 1.29 is 33.7 Å². The van der Waals surface area contributed by atoms with Crippen molar-refractivity contribution in [1.82, 2.24) is 0 Å². The fraction of sp³-hybridized carbons (Fsp3) is 0.250. The Morgan fingerprint density at radius 2 is 1.37 bits per heavy atom. The Hall–Kier alpha value is -2.41. The number of carbonyl (C=O) groups is 3. The van der Waals surface area contributed by atoms with Crippen LogP contribution in [-0.4, -0.2) is 42.0 Å². The van der Waals surface area contributed by atoms with Crippen LogP contribution in [0.1, 0.15) is 0 Å². The Balaban J connectivity index is 4.60. The summed E-state index contributed by atoms with van der Waals surface area (Å²) >= 11 is 0. The molecule has 0 aliphatic carbocycles. The molecular formula is C12H14O7. The van der Waals surface area contributed by atoms with Gasteiger partial charge in [-0.15, -0.1) is 0 Å². The first kappa shape index (κ1) is 16.6. The molecule has 0 aliphatic rings. The molecule has 0 fully saturated rings. The Bertz CT molecular complexity index is 364. The van der Waals surface area contributed by atoms with Crippen molar-refractivity contribution in [3.8, 4) is 0 Å². The van der Waals surface area contributed by atoms with Gasteiger partial charge in [-0.3, -0.25) is 0 Å². The Kier molecular flexibility index (Phi) is 7.55. The minimum atomic E-state index is -1.64. The zero-order valence-corrected chi connectivity index (χ0v) is 10.1. The molecule has 0 amide bonds. The van der Waals surface area contributed by atoms with Gasteiger partial charge in [0.15, 0.2) is 6.10 Å².